The lowest BCUT2D eigenvalue weighted by Crippen LogP contribution is -2.54. The third-order valence-corrected chi connectivity index (χ3v) is 8.84. The maximum Gasteiger partial charge on any atom is 0.459 e. The summed E-state index contributed by atoms with van der Waals surface area (Å²) in [5.41, 5.74) is -6.25. The summed E-state index contributed by atoms with van der Waals surface area (Å²) >= 11 is 0. The summed E-state index contributed by atoms with van der Waals surface area (Å²) in [6.07, 6.45) is -19.3. The number of halogens is 18. The first-order valence-corrected chi connectivity index (χ1v) is 15.5. The molecule has 18 heteroatoms. The Morgan fingerprint density at radius 3 is 1.41 bits per heavy atom. The fourth-order valence-corrected chi connectivity index (χ4v) is 5.51. The van der Waals surface area contributed by atoms with Gasteiger partial charge in [-0.25, -0.2) is 13.2 Å². The predicted molar refractivity (Wildman–Crippen MR) is 161 cm³/mol. The monoisotopic (exact) mass is 800 g/mol. The molecule has 54 heavy (non-hydrogen) atoms. The van der Waals surface area contributed by atoms with Gasteiger partial charge in [0.1, 0.15) is 0 Å². The zero-order valence-corrected chi connectivity index (χ0v) is 27.3. The first kappa shape index (κ1) is 42.6. The van der Waals surface area contributed by atoms with Gasteiger partial charge >= 0.3 is 36.3 Å². The zero-order valence-electron chi connectivity index (χ0n) is 27.3. The third-order valence-electron chi connectivity index (χ3n) is 8.84. The first-order chi connectivity index (χ1) is 24.4. The van der Waals surface area contributed by atoms with Gasteiger partial charge in [0, 0.05) is 25.2 Å². The highest BCUT2D eigenvalue weighted by atomic mass is 19.4. The van der Waals surface area contributed by atoms with E-state index in [9.17, 15) is 79.0 Å². The number of benzene rings is 3. The Morgan fingerprint density at radius 2 is 0.963 bits per heavy atom. The molecule has 4 rings (SSSR count). The molecule has 0 saturated carbocycles. The van der Waals surface area contributed by atoms with Crippen molar-refractivity contribution in [3.8, 4) is 11.1 Å². The highest BCUT2D eigenvalue weighted by Crippen LogP contribution is 2.49. The van der Waals surface area contributed by atoms with E-state index in [1.54, 1.807) is 18.2 Å². The Kier molecular flexibility index (Phi) is 11.2. The number of hydrogen-bond acceptors (Lipinski definition) is 0. The van der Waals surface area contributed by atoms with Crippen LogP contribution in [0.4, 0.5) is 79.0 Å². The summed E-state index contributed by atoms with van der Waals surface area (Å²) in [5.74, 6) is -23.0. The van der Waals surface area contributed by atoms with Crippen molar-refractivity contribution in [3.05, 3.63) is 113 Å². The van der Waals surface area contributed by atoms with Gasteiger partial charge in [-0.15, -0.1) is 0 Å². The number of alkyl halides is 18. The van der Waals surface area contributed by atoms with Gasteiger partial charge in [0.05, 0.1) is 0 Å². The van der Waals surface area contributed by atoms with E-state index < -0.39 is 85.2 Å². The van der Waals surface area contributed by atoms with Crippen LogP contribution in [0.25, 0.3) is 16.7 Å². The van der Waals surface area contributed by atoms with E-state index in [1.165, 1.54) is 36.4 Å². The summed E-state index contributed by atoms with van der Waals surface area (Å²) in [6.45, 7) is -0.478. The highest BCUT2D eigenvalue weighted by Gasteiger charge is 2.72. The van der Waals surface area contributed by atoms with Gasteiger partial charge in [-0.1, -0.05) is 85.0 Å². The van der Waals surface area contributed by atoms with E-state index in [4.69, 9.17) is 0 Å². The lowest BCUT2D eigenvalue weighted by atomic mass is 9.86. The number of rotatable bonds is 11. The first-order valence-electron chi connectivity index (χ1n) is 15.5. The van der Waals surface area contributed by atoms with Crippen LogP contribution in [0.2, 0.25) is 0 Å². The van der Waals surface area contributed by atoms with Crippen molar-refractivity contribution < 1.29 is 79.0 Å². The van der Waals surface area contributed by atoms with Crippen molar-refractivity contribution >= 4 is 5.57 Å². The van der Waals surface area contributed by atoms with Crippen LogP contribution in [0.15, 0.2) is 85.0 Å². The van der Waals surface area contributed by atoms with Crippen LogP contribution in [0.5, 0.6) is 0 Å². The molecule has 1 unspecified atom stereocenters. The molecule has 0 saturated heterocycles. The average Bonchev–Trinajstić information content (AvgIpc) is 3.03. The largest absolute Gasteiger partial charge is 0.459 e. The number of hydrogen-bond donors (Lipinski definition) is 0. The molecule has 0 spiro atoms. The minimum absolute atomic E-state index is 0.0258. The molecule has 1 aliphatic carbocycles. The van der Waals surface area contributed by atoms with E-state index in [1.807, 2.05) is 0 Å². The molecule has 2 atom stereocenters. The van der Waals surface area contributed by atoms with E-state index in [0.29, 0.717) is 29.2 Å². The van der Waals surface area contributed by atoms with Crippen LogP contribution in [0.3, 0.4) is 0 Å². The van der Waals surface area contributed by atoms with E-state index in [0.717, 1.165) is 18.2 Å². The molecule has 0 radical (unpaired) electrons. The van der Waals surface area contributed by atoms with Crippen LogP contribution in [-0.4, -0.2) is 47.9 Å². The molecule has 0 aromatic heterocycles. The van der Waals surface area contributed by atoms with Crippen LogP contribution in [-0.2, 0) is 19.3 Å². The van der Waals surface area contributed by atoms with Crippen LogP contribution >= 0.6 is 0 Å². The van der Waals surface area contributed by atoms with Gasteiger partial charge < -0.3 is 0 Å². The fraction of sp³-hybridized carbons (Fsp3) is 0.389. The van der Waals surface area contributed by atoms with Gasteiger partial charge in [-0.05, 0) is 57.9 Å². The molecule has 3 aromatic rings. The molecule has 296 valence electrons. The van der Waals surface area contributed by atoms with Gasteiger partial charge in [-0.3, -0.25) is 0 Å². The third kappa shape index (κ3) is 8.72. The van der Waals surface area contributed by atoms with Gasteiger partial charge in [0.25, 0.3) is 11.6 Å². The quantitative estimate of drug-likeness (QED) is 0.170. The lowest BCUT2D eigenvalue weighted by molar-refractivity contribution is -0.354. The van der Waals surface area contributed by atoms with Crippen LogP contribution in [0.1, 0.15) is 47.1 Å². The van der Waals surface area contributed by atoms with Crippen LogP contribution < -0.4 is 0 Å². The highest BCUT2D eigenvalue weighted by molar-refractivity contribution is 5.75. The zero-order chi connectivity index (χ0) is 40.9. The fourth-order valence-electron chi connectivity index (χ4n) is 5.51. The van der Waals surface area contributed by atoms with Crippen molar-refractivity contribution in [2.75, 3.05) is 0 Å². The summed E-state index contributed by atoms with van der Waals surface area (Å²) in [5, 5.41) is 0. The molecule has 3 aromatic carbocycles. The SMILES string of the molecule is C[C@](F)(C(F)(F)F)C(F)(F)Cc1cc(CC(F)(F)C(F)(F)C(F)(F)F)cc(-c2ccc(C3C=CC(c4ccc(CC(F)(F)C(F)(F)F)cc4)=CC3)cc2)c1. The molecule has 0 heterocycles. The minimum atomic E-state index is -6.74. The van der Waals surface area contributed by atoms with Crippen molar-refractivity contribution in [1.29, 1.82) is 0 Å². The second-order valence-corrected chi connectivity index (χ2v) is 12.9. The smallest absolute Gasteiger partial charge is 0.227 e. The van der Waals surface area contributed by atoms with E-state index in [-0.39, 0.29) is 28.7 Å². The van der Waals surface area contributed by atoms with Gasteiger partial charge in [-0.2, -0.15) is 65.9 Å². The molecule has 0 nitrogen and oxygen atoms in total. The van der Waals surface area contributed by atoms with Crippen molar-refractivity contribution in [2.45, 2.75) is 86.4 Å². The summed E-state index contributed by atoms with van der Waals surface area (Å²) in [4.78, 5) is 0. The molecule has 0 amide bonds. The van der Waals surface area contributed by atoms with Gasteiger partial charge in [0.2, 0.25) is 0 Å². The molecule has 0 aliphatic heterocycles. The van der Waals surface area contributed by atoms with Crippen molar-refractivity contribution in [1.82, 2.24) is 0 Å². The van der Waals surface area contributed by atoms with E-state index in [2.05, 4.69) is 0 Å². The summed E-state index contributed by atoms with van der Waals surface area (Å²) in [6, 6.07) is 12.0. The standard InChI is InChI=1S/C36H26F18/c1-29(37,34(46,47)48)30(38,39)18-21-14-22(19-31(40,41)33(44,45)36(52,53)54)16-28(15-21)27-12-10-26(11-13-27)25-8-6-24(7-9-25)23-4-2-20(3-5-23)17-32(42,43)35(49,50)51/h2-8,10-16,25H,9,17-19H2,1H3/t25?,29-/m1/s1. The minimum Gasteiger partial charge on any atom is -0.227 e. The maximum atomic E-state index is 14.7. The molecule has 0 N–H and O–H groups in total. The molecule has 0 bridgehead atoms. The predicted octanol–water partition coefficient (Wildman–Crippen LogP) is 13.1. The normalized spacial score (nSPS) is 17.7. The molecular weight excluding hydrogens is 774 g/mol. The Hall–Kier alpha value is -4.12. The van der Waals surface area contributed by atoms with Gasteiger partial charge in [0.15, 0.2) is 0 Å². The molecule has 1 aliphatic rings. The maximum absolute atomic E-state index is 14.7. The Balaban J connectivity index is 1.60. The summed E-state index contributed by atoms with van der Waals surface area (Å²) in [7, 11) is 0. The van der Waals surface area contributed by atoms with Crippen molar-refractivity contribution in [2.24, 2.45) is 0 Å². The second kappa shape index (κ2) is 14.2. The Morgan fingerprint density at radius 1 is 0.481 bits per heavy atom. The second-order valence-electron chi connectivity index (χ2n) is 12.9. The average molecular weight is 801 g/mol. The molecular formula is C36H26F18. The summed E-state index contributed by atoms with van der Waals surface area (Å²) < 4.78 is 242. The topological polar surface area (TPSA) is 0 Å². The van der Waals surface area contributed by atoms with E-state index >= 15 is 0 Å². The van der Waals surface area contributed by atoms with Crippen molar-refractivity contribution in [3.63, 3.8) is 0 Å². The lowest BCUT2D eigenvalue weighted by Gasteiger charge is -2.32. The Labute approximate surface area is 295 Å². The molecule has 0 fully saturated rings. The number of allylic oxidation sites excluding steroid dienone is 4. The van der Waals surface area contributed by atoms with Crippen LogP contribution in [0, 0.1) is 0 Å². The Bertz CT molecular complexity index is 1780.